The highest BCUT2D eigenvalue weighted by molar-refractivity contribution is 7.88. The van der Waals surface area contributed by atoms with E-state index in [9.17, 15) is 18.0 Å². The van der Waals surface area contributed by atoms with Crippen molar-refractivity contribution in [3.63, 3.8) is 0 Å². The molecule has 7 nitrogen and oxygen atoms in total. The van der Waals surface area contributed by atoms with Gasteiger partial charge in [-0.1, -0.05) is 53.6 Å². The molecule has 1 saturated heterocycles. The normalized spacial score (nSPS) is 20.0. The van der Waals surface area contributed by atoms with Crippen molar-refractivity contribution in [1.29, 1.82) is 0 Å². The molecule has 0 aliphatic carbocycles. The lowest BCUT2D eigenvalue weighted by molar-refractivity contribution is -0.153. The van der Waals surface area contributed by atoms with Gasteiger partial charge in [0.15, 0.2) is 0 Å². The number of amides is 2. The molecular weight excluding hydrogens is 438 g/mol. The average Bonchev–Trinajstić information content (AvgIpc) is 2.70. The van der Waals surface area contributed by atoms with Crippen LogP contribution in [0.4, 0.5) is 0 Å². The summed E-state index contributed by atoms with van der Waals surface area (Å²) < 4.78 is 25.4. The Morgan fingerprint density at radius 3 is 2.26 bits per heavy atom. The molecule has 1 unspecified atom stereocenters. The summed E-state index contributed by atoms with van der Waals surface area (Å²) in [4.78, 5) is 27.7. The molecule has 3 rings (SSSR count). The number of carbonyl (C=O) groups is 2. The second-order valence-electron chi connectivity index (χ2n) is 8.08. The number of piperazine rings is 1. The summed E-state index contributed by atoms with van der Waals surface area (Å²) in [5.74, 6) is -0.844. The fraction of sp³-hybridized carbons (Fsp3) is 0.364. The number of benzene rings is 2. The monoisotopic (exact) mass is 463 g/mol. The minimum Gasteiger partial charge on any atom is -0.350 e. The quantitative estimate of drug-likeness (QED) is 0.712. The van der Waals surface area contributed by atoms with Gasteiger partial charge in [-0.05, 0) is 37.1 Å². The van der Waals surface area contributed by atoms with Crippen LogP contribution in [0.15, 0.2) is 48.5 Å². The van der Waals surface area contributed by atoms with E-state index >= 15 is 0 Å². The topological polar surface area (TPSA) is 86.8 Å². The van der Waals surface area contributed by atoms with Crippen molar-refractivity contribution in [2.24, 2.45) is 0 Å². The molecule has 2 amide bonds. The molecule has 9 heteroatoms. The van der Waals surface area contributed by atoms with Crippen LogP contribution in [-0.2, 0) is 32.7 Å². The molecule has 1 atom stereocenters. The molecule has 31 heavy (non-hydrogen) atoms. The standard InChI is InChI=1S/C22H26ClN3O4S/c1-16-4-6-17(7-5-16)12-24-21(28)22(2)15-25(31(3,29)30)14-20(27)26(22)13-18-8-10-19(23)11-9-18/h4-11H,12-15H2,1-3H3,(H,24,28). The van der Waals surface area contributed by atoms with Crippen LogP contribution in [0, 0.1) is 6.92 Å². The third-order valence-electron chi connectivity index (χ3n) is 5.48. The van der Waals surface area contributed by atoms with Gasteiger partial charge in [0, 0.05) is 24.7 Å². The van der Waals surface area contributed by atoms with E-state index in [0.29, 0.717) is 5.02 Å². The second kappa shape index (κ2) is 8.98. The van der Waals surface area contributed by atoms with Crippen LogP contribution in [0.1, 0.15) is 23.6 Å². The van der Waals surface area contributed by atoms with Crippen LogP contribution in [0.25, 0.3) is 0 Å². The predicted molar refractivity (Wildman–Crippen MR) is 120 cm³/mol. The highest BCUT2D eigenvalue weighted by Gasteiger charge is 2.49. The zero-order valence-electron chi connectivity index (χ0n) is 17.8. The zero-order valence-corrected chi connectivity index (χ0v) is 19.3. The summed E-state index contributed by atoms with van der Waals surface area (Å²) in [5, 5.41) is 3.44. The Kier molecular flexibility index (Phi) is 6.73. The van der Waals surface area contributed by atoms with Crippen molar-refractivity contribution in [3.05, 3.63) is 70.2 Å². The highest BCUT2D eigenvalue weighted by Crippen LogP contribution is 2.27. The number of rotatable bonds is 6. The minimum atomic E-state index is -3.65. The smallest absolute Gasteiger partial charge is 0.247 e. The summed E-state index contributed by atoms with van der Waals surface area (Å²) in [6.45, 7) is 3.60. The number of sulfonamides is 1. The first-order chi connectivity index (χ1) is 14.5. The lowest BCUT2D eigenvalue weighted by atomic mass is 9.94. The van der Waals surface area contributed by atoms with E-state index in [-0.39, 0.29) is 26.2 Å². The van der Waals surface area contributed by atoms with Crippen LogP contribution >= 0.6 is 11.6 Å². The molecule has 2 aromatic rings. The molecule has 0 saturated carbocycles. The minimum absolute atomic E-state index is 0.120. The summed E-state index contributed by atoms with van der Waals surface area (Å²) in [6, 6.07) is 14.7. The maximum Gasteiger partial charge on any atom is 0.247 e. The first-order valence-corrected chi connectivity index (χ1v) is 12.1. The number of hydrogen-bond donors (Lipinski definition) is 1. The molecule has 0 spiro atoms. The fourth-order valence-corrected chi connectivity index (χ4v) is 4.50. The Balaban J connectivity index is 1.87. The lowest BCUT2D eigenvalue weighted by Gasteiger charge is -2.46. The van der Waals surface area contributed by atoms with Gasteiger partial charge in [-0.25, -0.2) is 8.42 Å². The second-order valence-corrected chi connectivity index (χ2v) is 10.5. The maximum atomic E-state index is 13.3. The van der Waals surface area contributed by atoms with E-state index < -0.39 is 27.4 Å². The van der Waals surface area contributed by atoms with E-state index in [0.717, 1.165) is 27.3 Å². The van der Waals surface area contributed by atoms with Crippen molar-refractivity contribution in [3.8, 4) is 0 Å². The third kappa shape index (κ3) is 5.44. The molecule has 1 aliphatic heterocycles. The van der Waals surface area contributed by atoms with Crippen molar-refractivity contribution in [1.82, 2.24) is 14.5 Å². The van der Waals surface area contributed by atoms with Gasteiger partial charge in [-0.3, -0.25) is 9.59 Å². The SMILES string of the molecule is Cc1ccc(CNC(=O)C2(C)CN(S(C)(=O)=O)CC(=O)N2Cc2ccc(Cl)cc2)cc1. The molecule has 166 valence electrons. The average molecular weight is 464 g/mol. The number of nitrogens with zero attached hydrogens (tertiary/aromatic N) is 2. The molecular formula is C22H26ClN3O4S. The first kappa shape index (κ1) is 23.2. The van der Waals surface area contributed by atoms with E-state index in [1.54, 1.807) is 31.2 Å². The largest absolute Gasteiger partial charge is 0.350 e. The van der Waals surface area contributed by atoms with Gasteiger partial charge in [0.2, 0.25) is 21.8 Å². The molecule has 0 radical (unpaired) electrons. The van der Waals surface area contributed by atoms with Crippen molar-refractivity contribution < 1.29 is 18.0 Å². The first-order valence-electron chi connectivity index (χ1n) is 9.83. The number of halogens is 1. The fourth-order valence-electron chi connectivity index (χ4n) is 3.54. The summed E-state index contributed by atoms with van der Waals surface area (Å²) in [5.41, 5.74) is 1.44. The van der Waals surface area contributed by atoms with Gasteiger partial charge in [-0.15, -0.1) is 0 Å². The van der Waals surface area contributed by atoms with E-state index in [1.807, 2.05) is 31.2 Å². The molecule has 2 aromatic carbocycles. The molecule has 1 fully saturated rings. The van der Waals surface area contributed by atoms with Crippen LogP contribution in [0.5, 0.6) is 0 Å². The highest BCUT2D eigenvalue weighted by atomic mass is 35.5. The van der Waals surface area contributed by atoms with Gasteiger partial charge in [-0.2, -0.15) is 4.31 Å². The number of hydrogen-bond acceptors (Lipinski definition) is 4. The van der Waals surface area contributed by atoms with Crippen LogP contribution < -0.4 is 5.32 Å². The predicted octanol–water partition coefficient (Wildman–Crippen LogP) is 2.33. The van der Waals surface area contributed by atoms with Gasteiger partial charge in [0.05, 0.1) is 12.8 Å². The van der Waals surface area contributed by atoms with Crippen LogP contribution in [0.2, 0.25) is 5.02 Å². The van der Waals surface area contributed by atoms with E-state index in [2.05, 4.69) is 5.32 Å². The van der Waals surface area contributed by atoms with Crippen molar-refractivity contribution in [2.75, 3.05) is 19.3 Å². The maximum absolute atomic E-state index is 13.3. The third-order valence-corrected chi connectivity index (χ3v) is 6.93. The Morgan fingerprint density at radius 1 is 1.10 bits per heavy atom. The number of aryl methyl sites for hydroxylation is 1. The zero-order chi connectivity index (χ0) is 22.8. The van der Waals surface area contributed by atoms with Crippen molar-refractivity contribution in [2.45, 2.75) is 32.5 Å². The van der Waals surface area contributed by atoms with Crippen LogP contribution in [0.3, 0.4) is 0 Å². The Hall–Kier alpha value is -2.42. The molecule has 0 bridgehead atoms. The van der Waals surface area contributed by atoms with Gasteiger partial charge in [0.1, 0.15) is 5.54 Å². The van der Waals surface area contributed by atoms with Crippen LogP contribution in [-0.4, -0.2) is 54.3 Å². The Labute approximate surface area is 188 Å². The lowest BCUT2D eigenvalue weighted by Crippen LogP contribution is -2.69. The Bertz CT molecular complexity index is 1070. The van der Waals surface area contributed by atoms with Gasteiger partial charge < -0.3 is 10.2 Å². The molecule has 1 heterocycles. The molecule has 1 aliphatic rings. The summed E-state index contributed by atoms with van der Waals surface area (Å²) in [7, 11) is -3.65. The van der Waals surface area contributed by atoms with E-state index in [4.69, 9.17) is 11.6 Å². The number of nitrogens with one attached hydrogen (secondary N) is 1. The van der Waals surface area contributed by atoms with Gasteiger partial charge in [0.25, 0.3) is 0 Å². The number of carbonyl (C=O) groups excluding carboxylic acids is 2. The Morgan fingerprint density at radius 2 is 1.68 bits per heavy atom. The molecule has 1 N–H and O–H groups in total. The van der Waals surface area contributed by atoms with Gasteiger partial charge >= 0.3 is 0 Å². The summed E-state index contributed by atoms with van der Waals surface area (Å²) in [6.07, 6.45) is 1.04. The van der Waals surface area contributed by atoms with E-state index in [1.165, 1.54) is 4.90 Å². The summed E-state index contributed by atoms with van der Waals surface area (Å²) >= 11 is 5.95. The van der Waals surface area contributed by atoms with Crippen molar-refractivity contribution >= 4 is 33.4 Å². The molecule has 0 aromatic heterocycles.